The highest BCUT2D eigenvalue weighted by Gasteiger charge is 2.27. The Kier molecular flexibility index (Phi) is 6.04. The van der Waals surface area contributed by atoms with Gasteiger partial charge in [0.05, 0.1) is 13.3 Å². The van der Waals surface area contributed by atoms with E-state index >= 15 is 0 Å². The summed E-state index contributed by atoms with van der Waals surface area (Å²) in [7, 11) is 1.44. The van der Waals surface area contributed by atoms with Crippen molar-refractivity contribution in [2.45, 2.75) is 12.5 Å². The summed E-state index contributed by atoms with van der Waals surface area (Å²) in [4.78, 5) is 34.1. The first-order valence-corrected chi connectivity index (χ1v) is 8.94. The number of hydrogen-bond donors (Lipinski definition) is 2. The summed E-state index contributed by atoms with van der Waals surface area (Å²) in [6.45, 7) is 4.50. The number of carbonyl (C=O) groups excluding carboxylic acids is 2. The van der Waals surface area contributed by atoms with Gasteiger partial charge < -0.3 is 20.3 Å². The zero-order chi connectivity index (χ0) is 20.8. The van der Waals surface area contributed by atoms with E-state index in [9.17, 15) is 9.59 Å². The highest BCUT2D eigenvalue weighted by molar-refractivity contribution is 5.99. The van der Waals surface area contributed by atoms with Crippen LogP contribution in [0.3, 0.4) is 0 Å². The number of hydrogen-bond acceptors (Lipinski definition) is 7. The summed E-state index contributed by atoms with van der Waals surface area (Å²) in [6, 6.07) is 8.66. The Morgan fingerprint density at radius 2 is 2.14 bits per heavy atom. The second-order valence-electron chi connectivity index (χ2n) is 6.38. The Morgan fingerprint density at radius 1 is 1.38 bits per heavy atom. The Labute approximate surface area is 168 Å². The van der Waals surface area contributed by atoms with E-state index in [-0.39, 0.29) is 29.3 Å². The average Bonchev–Trinajstić information content (AvgIpc) is 3.22. The minimum atomic E-state index is -0.306. The smallest absolute Gasteiger partial charge is 0.253 e. The summed E-state index contributed by atoms with van der Waals surface area (Å²) in [5.41, 5.74) is 1.40. The lowest BCUT2D eigenvalue weighted by atomic mass is 10.2. The van der Waals surface area contributed by atoms with Crippen LogP contribution in [0.4, 0.5) is 11.6 Å². The molecule has 1 aromatic heterocycles. The van der Waals surface area contributed by atoms with Gasteiger partial charge in [0, 0.05) is 30.4 Å². The minimum Gasteiger partial charge on any atom is -0.480 e. The third-order valence-corrected chi connectivity index (χ3v) is 4.46. The molecule has 0 radical (unpaired) electrons. The van der Waals surface area contributed by atoms with Gasteiger partial charge in [0.25, 0.3) is 5.91 Å². The van der Waals surface area contributed by atoms with Crippen LogP contribution in [0.15, 0.2) is 43.1 Å². The molecule has 29 heavy (non-hydrogen) atoms. The predicted octanol–water partition coefficient (Wildman–Crippen LogP) is 1.81. The van der Waals surface area contributed by atoms with Crippen molar-refractivity contribution in [3.8, 4) is 11.9 Å². The zero-order valence-corrected chi connectivity index (χ0v) is 15.9. The van der Waals surface area contributed by atoms with Gasteiger partial charge in [-0.3, -0.25) is 9.59 Å². The molecule has 2 N–H and O–H groups in total. The van der Waals surface area contributed by atoms with E-state index in [1.54, 1.807) is 29.2 Å². The number of nitrogens with one attached hydrogen (secondary N) is 2. The number of nitrogens with zero attached hydrogens (tertiary/aromatic N) is 4. The molecule has 0 spiro atoms. The fraction of sp³-hybridized carbons (Fsp3) is 0.250. The van der Waals surface area contributed by atoms with E-state index in [2.05, 4.69) is 27.2 Å². The lowest BCUT2D eigenvalue weighted by Crippen LogP contribution is -2.31. The normalized spacial score (nSPS) is 15.3. The molecule has 1 aliphatic rings. The minimum absolute atomic E-state index is 0.0113. The quantitative estimate of drug-likeness (QED) is 0.719. The van der Waals surface area contributed by atoms with Crippen LogP contribution in [0.5, 0.6) is 5.88 Å². The summed E-state index contributed by atoms with van der Waals surface area (Å²) >= 11 is 0. The van der Waals surface area contributed by atoms with Gasteiger partial charge in [-0.2, -0.15) is 10.2 Å². The van der Waals surface area contributed by atoms with Crippen LogP contribution in [0, 0.1) is 11.3 Å². The van der Waals surface area contributed by atoms with Gasteiger partial charge in [0.15, 0.2) is 0 Å². The van der Waals surface area contributed by atoms with E-state index in [1.165, 1.54) is 19.4 Å². The molecule has 1 aliphatic heterocycles. The van der Waals surface area contributed by atoms with Gasteiger partial charge in [0.1, 0.15) is 11.6 Å². The van der Waals surface area contributed by atoms with E-state index in [1.807, 2.05) is 6.07 Å². The van der Waals surface area contributed by atoms with Gasteiger partial charge in [0.2, 0.25) is 17.7 Å². The highest BCUT2D eigenvalue weighted by atomic mass is 16.5. The predicted molar refractivity (Wildman–Crippen MR) is 106 cm³/mol. The van der Waals surface area contributed by atoms with E-state index in [4.69, 9.17) is 10.00 Å². The molecule has 0 bridgehead atoms. The molecule has 1 aromatic carbocycles. The molecule has 1 atom stereocenters. The van der Waals surface area contributed by atoms with Crippen LogP contribution < -0.4 is 15.4 Å². The van der Waals surface area contributed by atoms with Crippen LogP contribution in [0.25, 0.3) is 0 Å². The number of aromatic nitrogens is 2. The molecule has 9 nitrogen and oxygen atoms in total. The summed E-state index contributed by atoms with van der Waals surface area (Å²) < 4.78 is 5.09. The molecule has 0 unspecified atom stereocenters. The molecular formula is C20H20N6O3. The molecule has 0 saturated carbocycles. The number of ether oxygens (including phenoxy) is 1. The van der Waals surface area contributed by atoms with Crippen LogP contribution in [-0.2, 0) is 4.79 Å². The van der Waals surface area contributed by atoms with Gasteiger partial charge >= 0.3 is 0 Å². The largest absolute Gasteiger partial charge is 0.480 e. The number of likely N-dealkylation sites (tertiary alicyclic amines) is 1. The third kappa shape index (κ3) is 4.68. The number of anilines is 2. The molecular weight excluding hydrogens is 372 g/mol. The average molecular weight is 392 g/mol. The number of rotatable bonds is 6. The first-order valence-electron chi connectivity index (χ1n) is 8.94. The van der Waals surface area contributed by atoms with Crippen molar-refractivity contribution in [3.05, 3.63) is 54.2 Å². The van der Waals surface area contributed by atoms with E-state index in [0.29, 0.717) is 30.3 Å². The second kappa shape index (κ2) is 8.84. The zero-order valence-electron chi connectivity index (χ0n) is 15.9. The number of benzene rings is 1. The molecule has 1 saturated heterocycles. The number of methoxy groups -OCH3 is 1. The van der Waals surface area contributed by atoms with Crippen molar-refractivity contribution in [2.75, 3.05) is 30.8 Å². The fourth-order valence-corrected chi connectivity index (χ4v) is 2.99. The maximum atomic E-state index is 12.7. The van der Waals surface area contributed by atoms with Crippen molar-refractivity contribution in [1.82, 2.24) is 14.9 Å². The maximum Gasteiger partial charge on any atom is 0.253 e. The van der Waals surface area contributed by atoms with Crippen molar-refractivity contribution < 1.29 is 14.3 Å². The van der Waals surface area contributed by atoms with Crippen molar-refractivity contribution in [1.29, 1.82) is 5.26 Å². The lowest BCUT2D eigenvalue weighted by Gasteiger charge is -2.17. The molecule has 2 heterocycles. The Hall–Kier alpha value is -3.93. The molecule has 9 heteroatoms. The van der Waals surface area contributed by atoms with Crippen LogP contribution in [0.2, 0.25) is 0 Å². The number of amides is 2. The van der Waals surface area contributed by atoms with Crippen molar-refractivity contribution in [3.63, 3.8) is 0 Å². The Bertz CT molecular complexity index is 967. The van der Waals surface area contributed by atoms with Crippen LogP contribution in [-0.4, -0.2) is 52.9 Å². The Morgan fingerprint density at radius 3 is 2.79 bits per heavy atom. The summed E-state index contributed by atoms with van der Waals surface area (Å²) in [5, 5.41) is 14.8. The van der Waals surface area contributed by atoms with Gasteiger partial charge in [-0.15, -0.1) is 0 Å². The lowest BCUT2D eigenvalue weighted by molar-refractivity contribution is -0.111. The summed E-state index contributed by atoms with van der Waals surface area (Å²) in [5.74, 6) is 0.162. The molecule has 1 fully saturated rings. The topological polar surface area (TPSA) is 120 Å². The second-order valence-corrected chi connectivity index (χ2v) is 6.38. The molecule has 2 amide bonds. The molecule has 3 rings (SSSR count). The molecule has 0 aliphatic carbocycles. The van der Waals surface area contributed by atoms with Crippen LogP contribution >= 0.6 is 0 Å². The first-order chi connectivity index (χ1) is 14.0. The highest BCUT2D eigenvalue weighted by Crippen LogP contribution is 2.20. The maximum absolute atomic E-state index is 12.7. The number of nitriles is 1. The van der Waals surface area contributed by atoms with Crippen LogP contribution in [0.1, 0.15) is 22.3 Å². The van der Waals surface area contributed by atoms with Crippen molar-refractivity contribution >= 4 is 23.5 Å². The first kappa shape index (κ1) is 19.8. The van der Waals surface area contributed by atoms with Gasteiger partial charge in [-0.05, 0) is 36.8 Å². The monoisotopic (exact) mass is 392 g/mol. The number of carbonyl (C=O) groups is 2. The Balaban J connectivity index is 1.60. The van der Waals surface area contributed by atoms with E-state index < -0.39 is 0 Å². The van der Waals surface area contributed by atoms with Gasteiger partial charge in [-0.25, -0.2) is 4.98 Å². The van der Waals surface area contributed by atoms with E-state index in [0.717, 1.165) is 6.42 Å². The summed E-state index contributed by atoms with van der Waals surface area (Å²) in [6.07, 6.45) is 3.33. The molecule has 148 valence electrons. The van der Waals surface area contributed by atoms with Crippen molar-refractivity contribution in [2.24, 2.45) is 0 Å². The van der Waals surface area contributed by atoms with Gasteiger partial charge in [-0.1, -0.05) is 6.58 Å². The fourth-order valence-electron chi connectivity index (χ4n) is 2.99. The SMILES string of the molecule is C=CC(=O)Nc1ccc(C(=O)N2CC[C@@H](Nc3ncc(C#N)c(OC)n3)C2)cc1. The molecule has 2 aromatic rings. The third-order valence-electron chi connectivity index (χ3n) is 4.46. The standard InChI is InChI=1S/C20H20N6O3/c1-3-17(27)23-15-6-4-13(5-7-15)19(28)26-9-8-16(12-26)24-20-22-11-14(10-21)18(25-20)29-2/h3-7,11,16H,1,8-9,12H2,2H3,(H,23,27)(H,22,24,25)/t16-/m1/s1.